The lowest BCUT2D eigenvalue weighted by molar-refractivity contribution is -0.117. The van der Waals surface area contributed by atoms with Gasteiger partial charge in [-0.2, -0.15) is 0 Å². The van der Waals surface area contributed by atoms with Crippen LogP contribution in [-0.2, 0) is 4.79 Å². The van der Waals surface area contributed by atoms with Crippen molar-refractivity contribution in [3.05, 3.63) is 84.6 Å². The van der Waals surface area contributed by atoms with Gasteiger partial charge in [0.2, 0.25) is 5.91 Å². The molecule has 0 heterocycles. The summed E-state index contributed by atoms with van der Waals surface area (Å²) < 4.78 is 0. The summed E-state index contributed by atoms with van der Waals surface area (Å²) in [4.78, 5) is 16.5. The van der Waals surface area contributed by atoms with E-state index in [9.17, 15) is 4.79 Å². The van der Waals surface area contributed by atoms with Crippen LogP contribution in [0.2, 0.25) is 0 Å². The van der Waals surface area contributed by atoms with Gasteiger partial charge in [0, 0.05) is 29.6 Å². The van der Waals surface area contributed by atoms with E-state index >= 15 is 0 Å². The maximum atomic E-state index is 12.4. The van der Waals surface area contributed by atoms with Crippen LogP contribution in [0, 0.1) is 5.92 Å². The fourth-order valence-corrected chi connectivity index (χ4v) is 2.87. The van der Waals surface area contributed by atoms with Crippen molar-refractivity contribution in [1.82, 2.24) is 0 Å². The van der Waals surface area contributed by atoms with Crippen LogP contribution < -0.4 is 5.32 Å². The number of hydrogen-bond acceptors (Lipinski definition) is 2. The van der Waals surface area contributed by atoms with E-state index in [1.807, 2.05) is 36.4 Å². The van der Waals surface area contributed by atoms with Crippen molar-refractivity contribution in [3.63, 3.8) is 0 Å². The highest BCUT2D eigenvalue weighted by Gasteiger charge is 2.43. The van der Waals surface area contributed by atoms with Gasteiger partial charge in [0.25, 0.3) is 0 Å². The van der Waals surface area contributed by atoms with Gasteiger partial charge >= 0.3 is 0 Å². The van der Waals surface area contributed by atoms with E-state index in [2.05, 4.69) is 35.6 Å². The first-order chi connectivity index (χ1) is 11.7. The van der Waals surface area contributed by atoms with Crippen LogP contribution in [0.25, 0.3) is 6.08 Å². The predicted octanol–water partition coefficient (Wildman–Crippen LogP) is 4.63. The minimum Gasteiger partial charge on any atom is -0.326 e. The number of carbonyl (C=O) groups is 1. The van der Waals surface area contributed by atoms with Crippen LogP contribution in [0.15, 0.2) is 72.9 Å². The maximum Gasteiger partial charge on any atom is 0.228 e. The number of amides is 1. The van der Waals surface area contributed by atoms with Crippen LogP contribution in [0.5, 0.6) is 0 Å². The molecule has 3 rings (SSSR count). The predicted molar refractivity (Wildman–Crippen MR) is 100 cm³/mol. The number of benzene rings is 2. The minimum absolute atomic E-state index is 0.0570. The van der Waals surface area contributed by atoms with Crippen molar-refractivity contribution < 1.29 is 4.79 Å². The Hall–Kier alpha value is -2.94. The van der Waals surface area contributed by atoms with Gasteiger partial charge in [-0.15, -0.1) is 0 Å². The number of nitrogens with one attached hydrogen (secondary N) is 1. The summed E-state index contributed by atoms with van der Waals surface area (Å²) in [6.45, 7) is 7.38. The molecule has 1 N–H and O–H groups in total. The Morgan fingerprint density at radius 2 is 1.92 bits per heavy atom. The molecular formula is C21H20N2O. The molecule has 2 aromatic carbocycles. The normalized spacial score (nSPS) is 19.0. The summed E-state index contributed by atoms with van der Waals surface area (Å²) in [6, 6.07) is 15.9. The van der Waals surface area contributed by atoms with Gasteiger partial charge in [-0.3, -0.25) is 9.79 Å². The smallest absolute Gasteiger partial charge is 0.228 e. The molecule has 0 saturated heterocycles. The molecule has 1 amide bonds. The van der Waals surface area contributed by atoms with E-state index in [4.69, 9.17) is 0 Å². The quantitative estimate of drug-likeness (QED) is 0.775. The molecule has 0 aromatic heterocycles. The monoisotopic (exact) mass is 316 g/mol. The number of hydrogen-bond donors (Lipinski definition) is 1. The van der Waals surface area contributed by atoms with Crippen LogP contribution in [0.3, 0.4) is 0 Å². The lowest BCUT2D eigenvalue weighted by Gasteiger charge is -2.08. The van der Waals surface area contributed by atoms with Crippen LogP contribution in [0.1, 0.15) is 29.0 Å². The highest BCUT2D eigenvalue weighted by Crippen LogP contribution is 2.47. The second-order valence-corrected chi connectivity index (χ2v) is 5.86. The number of rotatable bonds is 6. The van der Waals surface area contributed by atoms with Crippen molar-refractivity contribution in [2.75, 3.05) is 5.32 Å². The molecule has 0 bridgehead atoms. The van der Waals surface area contributed by atoms with E-state index < -0.39 is 0 Å². The summed E-state index contributed by atoms with van der Waals surface area (Å²) in [7, 11) is 0. The van der Waals surface area contributed by atoms with Gasteiger partial charge in [-0.25, -0.2) is 0 Å². The Morgan fingerprint density at radius 3 is 2.62 bits per heavy atom. The van der Waals surface area contributed by atoms with Crippen molar-refractivity contribution in [1.29, 1.82) is 0 Å². The van der Waals surface area contributed by atoms with Gasteiger partial charge in [0.1, 0.15) is 0 Å². The molecule has 1 saturated carbocycles. The van der Waals surface area contributed by atoms with Gasteiger partial charge in [0.15, 0.2) is 0 Å². The average molecular weight is 316 g/mol. The molecular weight excluding hydrogens is 296 g/mol. The lowest BCUT2D eigenvalue weighted by Crippen LogP contribution is -2.14. The second kappa shape index (κ2) is 7.09. The zero-order chi connectivity index (χ0) is 16.9. The third-order valence-corrected chi connectivity index (χ3v) is 4.25. The number of anilines is 1. The van der Waals surface area contributed by atoms with Crippen LogP contribution in [0.4, 0.5) is 5.69 Å². The Kier molecular flexibility index (Phi) is 4.71. The Morgan fingerprint density at radius 1 is 1.12 bits per heavy atom. The minimum atomic E-state index is 0.0570. The van der Waals surface area contributed by atoms with Gasteiger partial charge < -0.3 is 5.32 Å². The first-order valence-corrected chi connectivity index (χ1v) is 7.99. The zero-order valence-electron chi connectivity index (χ0n) is 13.5. The van der Waals surface area contributed by atoms with Crippen molar-refractivity contribution in [2.24, 2.45) is 10.9 Å². The highest BCUT2D eigenvalue weighted by atomic mass is 16.2. The Labute approximate surface area is 142 Å². The van der Waals surface area contributed by atoms with Crippen molar-refractivity contribution >= 4 is 23.9 Å². The largest absolute Gasteiger partial charge is 0.326 e. The fraction of sp³-hybridized carbons (Fsp3) is 0.143. The molecule has 1 aliphatic rings. The first-order valence-electron chi connectivity index (χ1n) is 7.99. The van der Waals surface area contributed by atoms with E-state index in [1.165, 1.54) is 11.8 Å². The molecule has 0 radical (unpaired) electrons. The molecule has 3 heteroatoms. The zero-order valence-corrected chi connectivity index (χ0v) is 13.5. The van der Waals surface area contributed by atoms with E-state index in [0.29, 0.717) is 5.92 Å². The third kappa shape index (κ3) is 3.51. The van der Waals surface area contributed by atoms with Gasteiger partial charge in [-0.05, 0) is 35.6 Å². The standard InChI is InChI=1S/C21H20N2O/c1-3-15-12-18(11-10-17(15)14-22-4-2)23-21(24)20-13-19(20)16-8-6-5-7-9-16/h3-12,14,19-20H,1-2,13H2,(H,23,24)/b22-14-. The molecule has 2 aromatic rings. The Balaban J connectivity index is 1.68. The third-order valence-electron chi connectivity index (χ3n) is 4.25. The number of nitrogens with zero attached hydrogens (tertiary/aromatic N) is 1. The lowest BCUT2D eigenvalue weighted by atomic mass is 10.1. The molecule has 1 fully saturated rings. The summed E-state index contributed by atoms with van der Waals surface area (Å²) in [6.07, 6.45) is 5.87. The van der Waals surface area contributed by atoms with Crippen molar-refractivity contribution in [3.8, 4) is 0 Å². The molecule has 2 atom stereocenters. The summed E-state index contributed by atoms with van der Waals surface area (Å²) in [5.74, 6) is 0.469. The molecule has 0 aliphatic heterocycles. The van der Waals surface area contributed by atoms with E-state index in [0.717, 1.165) is 23.2 Å². The first kappa shape index (κ1) is 15.9. The second-order valence-electron chi connectivity index (χ2n) is 5.86. The number of aliphatic imine (C=N–C) groups is 1. The van der Waals surface area contributed by atoms with E-state index in [1.54, 1.807) is 12.3 Å². The topological polar surface area (TPSA) is 41.5 Å². The molecule has 1 aliphatic carbocycles. The summed E-state index contributed by atoms with van der Waals surface area (Å²) >= 11 is 0. The SMILES string of the molecule is C=C/N=C\c1ccc(NC(=O)C2CC2c2ccccc2)cc1C=C. The van der Waals surface area contributed by atoms with E-state index in [-0.39, 0.29) is 11.8 Å². The molecule has 0 spiro atoms. The molecule has 120 valence electrons. The Bertz CT molecular complexity index is 793. The van der Waals surface area contributed by atoms with Crippen LogP contribution >= 0.6 is 0 Å². The highest BCUT2D eigenvalue weighted by molar-refractivity contribution is 5.96. The molecule has 2 unspecified atom stereocenters. The maximum absolute atomic E-state index is 12.4. The summed E-state index contributed by atoms with van der Waals surface area (Å²) in [5.41, 5.74) is 3.88. The molecule has 24 heavy (non-hydrogen) atoms. The van der Waals surface area contributed by atoms with Crippen molar-refractivity contribution in [2.45, 2.75) is 12.3 Å². The fourth-order valence-electron chi connectivity index (χ4n) is 2.87. The van der Waals surface area contributed by atoms with Gasteiger partial charge in [-0.1, -0.05) is 55.6 Å². The molecule has 3 nitrogen and oxygen atoms in total. The van der Waals surface area contributed by atoms with Gasteiger partial charge in [0.05, 0.1) is 0 Å². The van der Waals surface area contributed by atoms with Crippen LogP contribution in [-0.4, -0.2) is 12.1 Å². The average Bonchev–Trinajstić information content (AvgIpc) is 3.42. The number of carbonyl (C=O) groups excluding carboxylic acids is 1. The summed E-state index contributed by atoms with van der Waals surface area (Å²) in [5, 5.41) is 3.01.